The van der Waals surface area contributed by atoms with Crippen molar-refractivity contribution < 1.29 is 0 Å². The minimum atomic E-state index is 0.769. The Labute approximate surface area is 80.8 Å². The van der Waals surface area contributed by atoms with Gasteiger partial charge in [-0.25, -0.2) is 0 Å². The number of alkyl halides is 1. The fourth-order valence-electron chi connectivity index (χ4n) is 0.817. The van der Waals surface area contributed by atoms with Crippen LogP contribution in [-0.4, -0.2) is 10.2 Å². The summed E-state index contributed by atoms with van der Waals surface area (Å²) in [6.07, 6.45) is 0. The first-order chi connectivity index (χ1) is 5.24. The van der Waals surface area contributed by atoms with E-state index in [9.17, 15) is 0 Å². The second kappa shape index (κ2) is 3.98. The molecule has 0 nitrogen and oxygen atoms in total. The number of halogens is 1. The van der Waals surface area contributed by atoms with Crippen molar-refractivity contribution in [2.45, 2.75) is 6.92 Å². The van der Waals surface area contributed by atoms with Gasteiger partial charge in [-0.3, -0.25) is 0 Å². The molecule has 0 radical (unpaired) electrons. The van der Waals surface area contributed by atoms with E-state index < -0.39 is 0 Å². The van der Waals surface area contributed by atoms with Crippen LogP contribution in [0.5, 0.6) is 0 Å². The summed E-state index contributed by atoms with van der Waals surface area (Å²) in [5.41, 5.74) is 2.41. The second-order valence-electron chi connectivity index (χ2n) is 2.42. The summed E-state index contributed by atoms with van der Waals surface area (Å²) in [6, 6.07) is 8.26. The zero-order chi connectivity index (χ0) is 8.27. The minimum absolute atomic E-state index is 0.769. The van der Waals surface area contributed by atoms with Crippen molar-refractivity contribution in [3.05, 3.63) is 35.4 Å². The van der Waals surface area contributed by atoms with E-state index in [2.05, 4.69) is 47.1 Å². The van der Waals surface area contributed by atoms with Crippen molar-refractivity contribution in [1.82, 2.24) is 0 Å². The first-order valence-corrected chi connectivity index (χ1v) is 4.93. The third-order valence-electron chi connectivity index (χ3n) is 1.49. The van der Waals surface area contributed by atoms with Crippen molar-refractivity contribution in [1.29, 1.82) is 0 Å². The van der Waals surface area contributed by atoms with E-state index in [1.807, 2.05) is 0 Å². The second-order valence-corrected chi connectivity index (χ2v) is 3.48. The normalized spacial score (nSPS) is 9.64. The van der Waals surface area contributed by atoms with Crippen LogP contribution in [0.2, 0.25) is 0 Å². The number of thiocarbonyl (C=S) groups is 1. The molecule has 0 atom stereocenters. The molecule has 0 aliphatic heterocycles. The molecule has 58 valence electrons. The average Bonchev–Trinajstić information content (AvgIpc) is 2.05. The van der Waals surface area contributed by atoms with Gasteiger partial charge in [-0.2, -0.15) is 0 Å². The molecule has 0 fully saturated rings. The van der Waals surface area contributed by atoms with Gasteiger partial charge in [0.15, 0.2) is 0 Å². The summed E-state index contributed by atoms with van der Waals surface area (Å²) >= 11 is 8.45. The summed E-state index contributed by atoms with van der Waals surface area (Å²) in [7, 11) is 0. The SMILES string of the molecule is Cc1ccc(C(=S)CBr)cc1. The maximum Gasteiger partial charge on any atom is 0.0391 e. The third kappa shape index (κ3) is 2.38. The van der Waals surface area contributed by atoms with Gasteiger partial charge in [-0.05, 0) is 12.5 Å². The lowest BCUT2D eigenvalue weighted by Crippen LogP contribution is -1.96. The van der Waals surface area contributed by atoms with Crippen LogP contribution in [0.15, 0.2) is 24.3 Å². The highest BCUT2D eigenvalue weighted by Crippen LogP contribution is 2.06. The fraction of sp³-hybridized carbons (Fsp3) is 0.222. The first kappa shape index (κ1) is 8.88. The number of aryl methyl sites for hydroxylation is 1. The van der Waals surface area contributed by atoms with Gasteiger partial charge in [-0.1, -0.05) is 58.0 Å². The van der Waals surface area contributed by atoms with E-state index in [0.717, 1.165) is 15.8 Å². The predicted molar refractivity (Wildman–Crippen MR) is 56.7 cm³/mol. The number of hydrogen-bond donors (Lipinski definition) is 0. The quantitative estimate of drug-likeness (QED) is 0.426. The lowest BCUT2D eigenvalue weighted by Gasteiger charge is -1.99. The molecule has 0 N–H and O–H groups in total. The average molecular weight is 229 g/mol. The maximum absolute atomic E-state index is 5.12. The highest BCUT2D eigenvalue weighted by Gasteiger charge is 1.96. The number of rotatable bonds is 2. The van der Waals surface area contributed by atoms with Crippen molar-refractivity contribution in [3.8, 4) is 0 Å². The molecule has 0 spiro atoms. The minimum Gasteiger partial charge on any atom is -0.0867 e. The van der Waals surface area contributed by atoms with Crippen LogP contribution < -0.4 is 0 Å². The molecule has 0 aromatic heterocycles. The maximum atomic E-state index is 5.12. The van der Waals surface area contributed by atoms with E-state index in [4.69, 9.17) is 12.2 Å². The van der Waals surface area contributed by atoms with Crippen LogP contribution in [0, 0.1) is 6.92 Å². The molecule has 0 saturated heterocycles. The van der Waals surface area contributed by atoms with Gasteiger partial charge in [0, 0.05) is 10.2 Å². The molecule has 0 amide bonds. The van der Waals surface area contributed by atoms with E-state index in [-0.39, 0.29) is 0 Å². The molecule has 1 rings (SSSR count). The first-order valence-electron chi connectivity index (χ1n) is 3.40. The Kier molecular flexibility index (Phi) is 3.21. The lowest BCUT2D eigenvalue weighted by molar-refractivity contribution is 1.46. The summed E-state index contributed by atoms with van der Waals surface area (Å²) in [5.74, 6) is 0. The van der Waals surface area contributed by atoms with Crippen LogP contribution >= 0.6 is 28.1 Å². The summed E-state index contributed by atoms with van der Waals surface area (Å²) in [4.78, 5) is 0.963. The van der Waals surface area contributed by atoms with Crippen LogP contribution in [0.1, 0.15) is 11.1 Å². The Morgan fingerprint density at radius 1 is 1.36 bits per heavy atom. The smallest absolute Gasteiger partial charge is 0.0391 e. The van der Waals surface area contributed by atoms with Gasteiger partial charge < -0.3 is 0 Å². The van der Waals surface area contributed by atoms with Gasteiger partial charge in [0.2, 0.25) is 0 Å². The Balaban J connectivity index is 2.90. The Hall–Kier alpha value is -0.210. The van der Waals surface area contributed by atoms with E-state index in [0.29, 0.717) is 0 Å². The Bertz CT molecular complexity index is 251. The topological polar surface area (TPSA) is 0 Å². The van der Waals surface area contributed by atoms with E-state index >= 15 is 0 Å². The van der Waals surface area contributed by atoms with Crippen molar-refractivity contribution in [2.75, 3.05) is 5.33 Å². The van der Waals surface area contributed by atoms with Crippen LogP contribution in [0.25, 0.3) is 0 Å². The highest BCUT2D eigenvalue weighted by atomic mass is 79.9. The summed E-state index contributed by atoms with van der Waals surface area (Å²) in [6.45, 7) is 2.07. The molecular weight excluding hydrogens is 220 g/mol. The molecule has 11 heavy (non-hydrogen) atoms. The molecule has 0 saturated carbocycles. The van der Waals surface area contributed by atoms with Gasteiger partial charge in [-0.15, -0.1) is 0 Å². The molecule has 2 heteroatoms. The Morgan fingerprint density at radius 3 is 2.36 bits per heavy atom. The summed E-state index contributed by atoms with van der Waals surface area (Å²) in [5, 5.41) is 0.769. The fourth-order valence-corrected chi connectivity index (χ4v) is 1.28. The molecule has 0 heterocycles. The molecule has 1 aromatic carbocycles. The van der Waals surface area contributed by atoms with Crippen molar-refractivity contribution in [3.63, 3.8) is 0 Å². The monoisotopic (exact) mass is 228 g/mol. The van der Waals surface area contributed by atoms with Crippen molar-refractivity contribution in [2.24, 2.45) is 0 Å². The number of hydrogen-bond acceptors (Lipinski definition) is 1. The number of benzene rings is 1. The third-order valence-corrected chi connectivity index (χ3v) is 2.81. The van der Waals surface area contributed by atoms with Crippen molar-refractivity contribution >= 4 is 33.0 Å². The van der Waals surface area contributed by atoms with Gasteiger partial charge in [0.05, 0.1) is 0 Å². The summed E-state index contributed by atoms with van der Waals surface area (Å²) < 4.78 is 0. The van der Waals surface area contributed by atoms with Gasteiger partial charge >= 0.3 is 0 Å². The molecule has 0 aliphatic carbocycles. The largest absolute Gasteiger partial charge is 0.0867 e. The van der Waals surface area contributed by atoms with Gasteiger partial charge in [0.25, 0.3) is 0 Å². The van der Waals surface area contributed by atoms with Gasteiger partial charge in [0.1, 0.15) is 0 Å². The molecule has 0 bridgehead atoms. The van der Waals surface area contributed by atoms with Crippen LogP contribution in [0.3, 0.4) is 0 Å². The molecule has 0 aliphatic rings. The molecular formula is C9H9BrS. The highest BCUT2D eigenvalue weighted by molar-refractivity contribution is 9.09. The van der Waals surface area contributed by atoms with E-state index in [1.54, 1.807) is 0 Å². The lowest BCUT2D eigenvalue weighted by atomic mass is 10.1. The molecule has 0 unspecified atom stereocenters. The molecule has 1 aromatic rings. The zero-order valence-corrected chi connectivity index (χ0v) is 8.71. The zero-order valence-electron chi connectivity index (χ0n) is 6.30. The predicted octanol–water partition coefficient (Wildman–Crippen LogP) is 3.11. The van der Waals surface area contributed by atoms with Crippen LogP contribution in [-0.2, 0) is 0 Å². The Morgan fingerprint density at radius 2 is 1.91 bits per heavy atom. The standard InChI is InChI=1S/C9H9BrS/c1-7-2-4-8(5-3-7)9(11)6-10/h2-5H,6H2,1H3. The van der Waals surface area contributed by atoms with E-state index in [1.165, 1.54) is 5.56 Å². The van der Waals surface area contributed by atoms with Crippen LogP contribution in [0.4, 0.5) is 0 Å².